The summed E-state index contributed by atoms with van der Waals surface area (Å²) in [6.07, 6.45) is 7.34. The second-order valence-electron chi connectivity index (χ2n) is 2.45. The maximum Gasteiger partial charge on any atom is 0.233 e. The molecule has 2 atom stereocenters. The van der Waals surface area contributed by atoms with Crippen molar-refractivity contribution >= 4 is 5.91 Å². The third-order valence-corrected chi connectivity index (χ3v) is 1.81. The summed E-state index contributed by atoms with van der Waals surface area (Å²) in [5.41, 5.74) is 0. The Hall–Kier alpha value is -1.25. The van der Waals surface area contributed by atoms with E-state index < -0.39 is 0 Å². The molecule has 3 nitrogen and oxygen atoms in total. The molecule has 0 radical (unpaired) electrons. The van der Waals surface area contributed by atoms with Crippen molar-refractivity contribution in [2.24, 2.45) is 5.92 Å². The van der Waals surface area contributed by atoms with Gasteiger partial charge in [-0.3, -0.25) is 4.79 Å². The standard InChI is InChI=1S/C7H8N2O/c10-7-5-1-3-8-6(5)2-4-9-7/h1-6,8H,(H,9,10). The van der Waals surface area contributed by atoms with Crippen molar-refractivity contribution in [2.75, 3.05) is 0 Å². The van der Waals surface area contributed by atoms with Gasteiger partial charge in [-0.15, -0.1) is 0 Å². The highest BCUT2D eigenvalue weighted by Crippen LogP contribution is 2.15. The predicted octanol–water partition coefficient (Wildman–Crippen LogP) is -0.268. The topological polar surface area (TPSA) is 41.1 Å². The number of hydrogen-bond donors (Lipinski definition) is 2. The van der Waals surface area contributed by atoms with Gasteiger partial charge in [0.25, 0.3) is 0 Å². The van der Waals surface area contributed by atoms with Crippen LogP contribution in [0, 0.1) is 5.92 Å². The van der Waals surface area contributed by atoms with Crippen LogP contribution >= 0.6 is 0 Å². The molecule has 1 amide bonds. The molecule has 0 saturated carbocycles. The molecule has 0 fully saturated rings. The van der Waals surface area contributed by atoms with Gasteiger partial charge in [-0.05, 0) is 12.3 Å². The highest BCUT2D eigenvalue weighted by molar-refractivity contribution is 5.84. The van der Waals surface area contributed by atoms with Crippen LogP contribution in [0.1, 0.15) is 0 Å². The highest BCUT2D eigenvalue weighted by Gasteiger charge is 2.28. The SMILES string of the molecule is O=C1NC=CC2NC=CC12. The Morgan fingerprint density at radius 1 is 1.30 bits per heavy atom. The zero-order valence-corrected chi connectivity index (χ0v) is 5.37. The van der Waals surface area contributed by atoms with E-state index in [9.17, 15) is 4.79 Å². The summed E-state index contributed by atoms with van der Waals surface area (Å²) in [6.45, 7) is 0. The number of hydrogen-bond acceptors (Lipinski definition) is 2. The first kappa shape index (κ1) is 5.53. The molecule has 2 aliphatic rings. The Labute approximate surface area is 58.8 Å². The second kappa shape index (κ2) is 1.87. The van der Waals surface area contributed by atoms with Gasteiger partial charge in [-0.2, -0.15) is 0 Å². The predicted molar refractivity (Wildman–Crippen MR) is 36.8 cm³/mol. The fraction of sp³-hybridized carbons (Fsp3) is 0.286. The number of nitrogens with one attached hydrogen (secondary N) is 2. The normalized spacial score (nSPS) is 35.0. The zero-order valence-electron chi connectivity index (χ0n) is 5.37. The van der Waals surface area contributed by atoms with Crippen LogP contribution < -0.4 is 10.6 Å². The van der Waals surface area contributed by atoms with Gasteiger partial charge in [-0.25, -0.2) is 0 Å². The van der Waals surface area contributed by atoms with Crippen LogP contribution in [0.4, 0.5) is 0 Å². The quantitative estimate of drug-likeness (QED) is 0.481. The van der Waals surface area contributed by atoms with E-state index in [2.05, 4.69) is 10.6 Å². The number of carbonyl (C=O) groups excluding carboxylic acids is 1. The van der Waals surface area contributed by atoms with Crippen LogP contribution in [0.2, 0.25) is 0 Å². The minimum absolute atomic E-state index is 0.00463. The van der Waals surface area contributed by atoms with Gasteiger partial charge in [0.1, 0.15) is 0 Å². The maximum atomic E-state index is 11.0. The van der Waals surface area contributed by atoms with Crippen LogP contribution in [0.3, 0.4) is 0 Å². The molecule has 0 saturated heterocycles. The average Bonchev–Trinajstić information content (AvgIpc) is 2.36. The molecule has 2 N–H and O–H groups in total. The number of rotatable bonds is 0. The summed E-state index contributed by atoms with van der Waals surface area (Å²) in [6, 6.07) is 0.189. The summed E-state index contributed by atoms with van der Waals surface area (Å²) in [4.78, 5) is 11.0. The maximum absolute atomic E-state index is 11.0. The minimum atomic E-state index is 0.00463. The van der Waals surface area contributed by atoms with Gasteiger partial charge < -0.3 is 10.6 Å². The lowest BCUT2D eigenvalue weighted by Crippen LogP contribution is -2.39. The number of amides is 1. The summed E-state index contributed by atoms with van der Waals surface area (Å²) in [7, 11) is 0. The first-order valence-corrected chi connectivity index (χ1v) is 3.28. The molecular weight excluding hydrogens is 128 g/mol. The van der Waals surface area contributed by atoms with Crippen molar-refractivity contribution in [3.8, 4) is 0 Å². The van der Waals surface area contributed by atoms with E-state index in [0.29, 0.717) is 0 Å². The van der Waals surface area contributed by atoms with Gasteiger partial charge in [0.05, 0.1) is 12.0 Å². The second-order valence-corrected chi connectivity index (χ2v) is 2.45. The Kier molecular flexibility index (Phi) is 1.03. The van der Waals surface area contributed by atoms with E-state index in [1.807, 2.05) is 18.4 Å². The first-order chi connectivity index (χ1) is 4.88. The van der Waals surface area contributed by atoms with E-state index in [4.69, 9.17) is 0 Å². The number of carbonyl (C=O) groups is 1. The third-order valence-electron chi connectivity index (χ3n) is 1.81. The lowest BCUT2D eigenvalue weighted by molar-refractivity contribution is -0.123. The van der Waals surface area contributed by atoms with Crippen LogP contribution in [0.25, 0.3) is 0 Å². The molecule has 2 unspecified atom stereocenters. The summed E-state index contributed by atoms with van der Waals surface area (Å²) in [5.74, 6) is 0.0822. The Bertz CT molecular complexity index is 220. The van der Waals surface area contributed by atoms with Gasteiger partial charge in [-0.1, -0.05) is 6.08 Å². The van der Waals surface area contributed by atoms with Crippen LogP contribution in [-0.4, -0.2) is 11.9 Å². The van der Waals surface area contributed by atoms with Crippen molar-refractivity contribution in [2.45, 2.75) is 6.04 Å². The molecule has 3 heteroatoms. The van der Waals surface area contributed by atoms with E-state index in [0.717, 1.165) is 0 Å². The van der Waals surface area contributed by atoms with E-state index in [1.165, 1.54) is 0 Å². The largest absolute Gasteiger partial charge is 0.384 e. The molecule has 2 rings (SSSR count). The van der Waals surface area contributed by atoms with Crippen molar-refractivity contribution in [3.05, 3.63) is 24.6 Å². The lowest BCUT2D eigenvalue weighted by atomic mass is 10.00. The van der Waals surface area contributed by atoms with E-state index in [1.54, 1.807) is 6.20 Å². The van der Waals surface area contributed by atoms with Crippen molar-refractivity contribution in [1.82, 2.24) is 10.6 Å². The van der Waals surface area contributed by atoms with Gasteiger partial charge in [0.2, 0.25) is 5.91 Å². The third kappa shape index (κ3) is 0.635. The van der Waals surface area contributed by atoms with E-state index >= 15 is 0 Å². The Morgan fingerprint density at radius 2 is 2.20 bits per heavy atom. The molecule has 0 spiro atoms. The van der Waals surface area contributed by atoms with Gasteiger partial charge in [0, 0.05) is 6.20 Å². The van der Waals surface area contributed by atoms with Crippen molar-refractivity contribution in [3.63, 3.8) is 0 Å². The molecule has 0 aromatic heterocycles. The fourth-order valence-corrected chi connectivity index (χ4v) is 1.25. The van der Waals surface area contributed by atoms with Crippen molar-refractivity contribution in [1.29, 1.82) is 0 Å². The average molecular weight is 136 g/mol. The molecular formula is C7H8N2O. The summed E-state index contributed by atoms with van der Waals surface area (Å²) in [5, 5.41) is 5.70. The lowest BCUT2D eigenvalue weighted by Gasteiger charge is -2.18. The molecule has 0 aliphatic carbocycles. The molecule has 0 aromatic rings. The van der Waals surface area contributed by atoms with Crippen molar-refractivity contribution < 1.29 is 4.79 Å². The minimum Gasteiger partial charge on any atom is -0.384 e. The van der Waals surface area contributed by atoms with E-state index in [-0.39, 0.29) is 17.9 Å². The van der Waals surface area contributed by atoms with Crippen LogP contribution in [0.15, 0.2) is 24.6 Å². The Morgan fingerprint density at radius 3 is 3.00 bits per heavy atom. The Balaban J connectivity index is 2.28. The molecule has 2 heterocycles. The van der Waals surface area contributed by atoms with Crippen LogP contribution in [-0.2, 0) is 4.79 Å². The summed E-state index contributed by atoms with van der Waals surface area (Å²) >= 11 is 0. The first-order valence-electron chi connectivity index (χ1n) is 3.28. The molecule has 2 aliphatic heterocycles. The number of fused-ring (bicyclic) bond motifs is 1. The van der Waals surface area contributed by atoms with Gasteiger partial charge >= 0.3 is 0 Å². The monoisotopic (exact) mass is 136 g/mol. The fourth-order valence-electron chi connectivity index (χ4n) is 1.25. The molecule has 0 bridgehead atoms. The smallest absolute Gasteiger partial charge is 0.233 e. The molecule has 52 valence electrons. The van der Waals surface area contributed by atoms with Crippen LogP contribution in [0.5, 0.6) is 0 Å². The molecule has 10 heavy (non-hydrogen) atoms. The van der Waals surface area contributed by atoms with Gasteiger partial charge in [0.15, 0.2) is 0 Å². The zero-order chi connectivity index (χ0) is 6.97. The molecule has 0 aromatic carbocycles. The highest BCUT2D eigenvalue weighted by atomic mass is 16.1. The summed E-state index contributed by atoms with van der Waals surface area (Å²) < 4.78 is 0.